The molecule has 0 saturated carbocycles. The first-order chi connectivity index (χ1) is 12.5. The average molecular weight is 413 g/mol. The number of primary sulfonamides is 1. The summed E-state index contributed by atoms with van der Waals surface area (Å²) in [6, 6.07) is 7.01. The molecule has 0 atom stereocenters. The molecular weight excluding hydrogens is 394 g/mol. The number of amides is 1. The smallest absolute Gasteiger partial charge is 0.267 e. The molecular formula is C15H19N5O5S2. The van der Waals surface area contributed by atoms with Crippen LogP contribution in [0, 0.1) is 11.3 Å². The van der Waals surface area contributed by atoms with Gasteiger partial charge in [-0.1, -0.05) is 0 Å². The molecule has 0 unspecified atom stereocenters. The van der Waals surface area contributed by atoms with Crippen molar-refractivity contribution in [2.24, 2.45) is 5.14 Å². The van der Waals surface area contributed by atoms with E-state index in [2.05, 4.69) is 5.32 Å². The molecule has 146 valence electrons. The monoisotopic (exact) mass is 413 g/mol. The zero-order valence-electron chi connectivity index (χ0n) is 14.5. The molecule has 27 heavy (non-hydrogen) atoms. The number of carbonyl (C=O) groups is 1. The maximum Gasteiger partial charge on any atom is 0.267 e. The van der Waals surface area contributed by atoms with Gasteiger partial charge >= 0.3 is 0 Å². The number of nitrogens with zero attached hydrogens (tertiary/aromatic N) is 3. The van der Waals surface area contributed by atoms with Crippen LogP contribution in [0.25, 0.3) is 0 Å². The minimum atomic E-state index is -3.83. The second-order valence-corrected chi connectivity index (χ2v) is 9.42. The maximum absolute atomic E-state index is 12.2. The van der Waals surface area contributed by atoms with Crippen molar-refractivity contribution in [1.29, 1.82) is 5.26 Å². The van der Waals surface area contributed by atoms with Crippen molar-refractivity contribution in [2.75, 3.05) is 37.8 Å². The largest absolute Gasteiger partial charge is 0.373 e. The fourth-order valence-electron chi connectivity index (χ4n) is 2.41. The van der Waals surface area contributed by atoms with E-state index in [-0.39, 0.29) is 23.6 Å². The van der Waals surface area contributed by atoms with Gasteiger partial charge in [-0.25, -0.2) is 22.0 Å². The van der Waals surface area contributed by atoms with Gasteiger partial charge in [0.05, 0.1) is 11.2 Å². The summed E-state index contributed by atoms with van der Waals surface area (Å²) in [4.78, 5) is 13.8. The quantitative estimate of drug-likeness (QED) is 0.476. The molecule has 12 heteroatoms. The Bertz CT molecular complexity index is 986. The normalized spacial score (nSPS) is 16.6. The van der Waals surface area contributed by atoms with Crippen molar-refractivity contribution in [3.05, 3.63) is 36.0 Å². The van der Waals surface area contributed by atoms with E-state index in [1.165, 1.54) is 34.8 Å². The van der Waals surface area contributed by atoms with Crippen LogP contribution in [0.1, 0.15) is 0 Å². The fraction of sp³-hybridized carbons (Fsp3) is 0.333. The van der Waals surface area contributed by atoms with Gasteiger partial charge in [-0.05, 0) is 24.3 Å². The van der Waals surface area contributed by atoms with Crippen LogP contribution in [0.15, 0.2) is 40.9 Å². The minimum absolute atomic E-state index is 0.0969. The summed E-state index contributed by atoms with van der Waals surface area (Å²) in [6.07, 6.45) is 2.52. The number of nitriles is 1. The Hall–Kier alpha value is -2.46. The highest BCUT2D eigenvalue weighted by molar-refractivity contribution is 7.89. The van der Waals surface area contributed by atoms with Gasteiger partial charge in [0, 0.05) is 38.1 Å². The number of carbonyl (C=O) groups excluding carboxylic acids is 1. The third-order valence-electron chi connectivity index (χ3n) is 3.86. The summed E-state index contributed by atoms with van der Waals surface area (Å²) in [5, 5.41) is 16.7. The molecule has 10 nitrogen and oxygen atoms in total. The number of nitrogens with one attached hydrogen (secondary N) is 1. The molecule has 0 spiro atoms. The lowest BCUT2D eigenvalue weighted by Gasteiger charge is -2.32. The van der Waals surface area contributed by atoms with Gasteiger partial charge in [-0.15, -0.1) is 0 Å². The lowest BCUT2D eigenvalue weighted by Crippen LogP contribution is -2.46. The van der Waals surface area contributed by atoms with Crippen LogP contribution in [-0.2, 0) is 24.8 Å². The van der Waals surface area contributed by atoms with Crippen molar-refractivity contribution < 1.29 is 21.6 Å². The van der Waals surface area contributed by atoms with Gasteiger partial charge in [0.25, 0.3) is 5.91 Å². The van der Waals surface area contributed by atoms with Gasteiger partial charge in [-0.3, -0.25) is 4.79 Å². The standard InChI is InChI=1S/C15H19N5O5S2/c1-26(22,23)20-8-6-19(7-9-20)11-12(10-16)15(21)18-13-2-4-14(5-3-13)27(17,24)25/h2-5,11H,6-9H2,1H3,(H,18,21)(H2,17,24,25)/b12-11-. The molecule has 0 aromatic heterocycles. The van der Waals surface area contributed by atoms with Gasteiger partial charge in [0.2, 0.25) is 20.0 Å². The predicted molar refractivity (Wildman–Crippen MR) is 98.1 cm³/mol. The van der Waals surface area contributed by atoms with E-state index in [1.807, 2.05) is 0 Å². The number of anilines is 1. The van der Waals surface area contributed by atoms with Crippen LogP contribution >= 0.6 is 0 Å². The minimum Gasteiger partial charge on any atom is -0.373 e. The molecule has 1 aromatic carbocycles. The third kappa shape index (κ3) is 5.76. The van der Waals surface area contributed by atoms with E-state index in [0.29, 0.717) is 18.8 Å². The summed E-state index contributed by atoms with van der Waals surface area (Å²) in [5.41, 5.74) is 0.147. The molecule has 0 radical (unpaired) electrons. The van der Waals surface area contributed by atoms with E-state index in [9.17, 15) is 26.9 Å². The van der Waals surface area contributed by atoms with Crippen LogP contribution in [0.5, 0.6) is 0 Å². The van der Waals surface area contributed by atoms with Crippen molar-refractivity contribution in [3.63, 3.8) is 0 Å². The second-order valence-electron chi connectivity index (χ2n) is 5.88. The molecule has 1 aromatic rings. The Morgan fingerprint density at radius 3 is 2.15 bits per heavy atom. The molecule has 1 fully saturated rings. The molecule has 1 saturated heterocycles. The summed E-state index contributed by atoms with van der Waals surface area (Å²) in [6.45, 7) is 1.25. The van der Waals surface area contributed by atoms with E-state index in [4.69, 9.17) is 5.14 Å². The predicted octanol–water partition coefficient (Wildman–Crippen LogP) is -0.743. The van der Waals surface area contributed by atoms with Crippen LogP contribution in [0.3, 0.4) is 0 Å². The van der Waals surface area contributed by atoms with Crippen molar-refractivity contribution in [2.45, 2.75) is 4.90 Å². The summed E-state index contributed by atoms with van der Waals surface area (Å²) < 4.78 is 46.8. The zero-order valence-corrected chi connectivity index (χ0v) is 16.1. The van der Waals surface area contributed by atoms with Crippen LogP contribution in [0.2, 0.25) is 0 Å². The Kier molecular flexibility index (Phi) is 6.22. The van der Waals surface area contributed by atoms with Crippen LogP contribution in [-0.4, -0.2) is 64.4 Å². The first-order valence-electron chi connectivity index (χ1n) is 7.76. The Labute approximate surface area is 158 Å². The average Bonchev–Trinajstić information content (AvgIpc) is 2.59. The highest BCUT2D eigenvalue weighted by atomic mass is 32.2. The number of nitrogens with two attached hydrogens (primary N) is 1. The van der Waals surface area contributed by atoms with Gasteiger partial charge in [-0.2, -0.15) is 9.57 Å². The Morgan fingerprint density at radius 2 is 1.70 bits per heavy atom. The molecule has 3 N–H and O–H groups in total. The first kappa shape index (κ1) is 20.8. The molecule has 1 heterocycles. The van der Waals surface area contributed by atoms with Crippen molar-refractivity contribution in [3.8, 4) is 6.07 Å². The number of piperazine rings is 1. The Balaban J connectivity index is 2.04. The SMILES string of the molecule is CS(=O)(=O)N1CCN(/C=C(/C#N)C(=O)Nc2ccc(S(N)(=O)=O)cc2)CC1. The van der Waals surface area contributed by atoms with Gasteiger partial charge in [0.15, 0.2) is 0 Å². The molecule has 0 aliphatic carbocycles. The summed E-state index contributed by atoms with van der Waals surface area (Å²) >= 11 is 0. The number of sulfonamides is 2. The first-order valence-corrected chi connectivity index (χ1v) is 11.2. The maximum atomic E-state index is 12.2. The van der Waals surface area contributed by atoms with E-state index in [1.54, 1.807) is 11.0 Å². The molecule has 2 rings (SSSR count). The molecule has 1 aliphatic rings. The molecule has 1 aliphatic heterocycles. The fourth-order valence-corrected chi connectivity index (χ4v) is 3.75. The Morgan fingerprint density at radius 1 is 1.15 bits per heavy atom. The lowest BCUT2D eigenvalue weighted by molar-refractivity contribution is -0.112. The summed E-state index contributed by atoms with van der Waals surface area (Å²) in [5.74, 6) is -0.661. The van der Waals surface area contributed by atoms with E-state index in [0.717, 1.165) is 6.26 Å². The van der Waals surface area contributed by atoms with Crippen LogP contribution in [0.4, 0.5) is 5.69 Å². The highest BCUT2D eigenvalue weighted by Crippen LogP contribution is 2.14. The highest BCUT2D eigenvalue weighted by Gasteiger charge is 2.23. The summed E-state index contributed by atoms with van der Waals surface area (Å²) in [7, 11) is -7.10. The van der Waals surface area contributed by atoms with Gasteiger partial charge < -0.3 is 10.2 Å². The number of hydrogen-bond acceptors (Lipinski definition) is 7. The van der Waals surface area contributed by atoms with Crippen molar-refractivity contribution >= 4 is 31.6 Å². The van der Waals surface area contributed by atoms with Crippen molar-refractivity contribution in [1.82, 2.24) is 9.21 Å². The van der Waals surface area contributed by atoms with Crippen LogP contribution < -0.4 is 10.5 Å². The second kappa shape index (κ2) is 8.05. The van der Waals surface area contributed by atoms with E-state index >= 15 is 0 Å². The van der Waals surface area contributed by atoms with E-state index < -0.39 is 26.0 Å². The number of hydrogen-bond donors (Lipinski definition) is 2. The topological polar surface area (TPSA) is 154 Å². The molecule has 1 amide bonds. The molecule has 0 bridgehead atoms. The lowest BCUT2D eigenvalue weighted by atomic mass is 10.2. The zero-order chi connectivity index (χ0) is 20.2. The number of rotatable bonds is 5. The number of benzene rings is 1. The van der Waals surface area contributed by atoms with Gasteiger partial charge in [0.1, 0.15) is 11.6 Å². The third-order valence-corrected chi connectivity index (χ3v) is 6.09.